The monoisotopic (exact) mass is 286 g/mol. The van der Waals surface area contributed by atoms with Crippen LogP contribution in [0.3, 0.4) is 0 Å². The van der Waals surface area contributed by atoms with Crippen LogP contribution in [0.2, 0.25) is 0 Å². The fourth-order valence-electron chi connectivity index (χ4n) is 2.43. The molecule has 0 spiro atoms. The summed E-state index contributed by atoms with van der Waals surface area (Å²) in [6, 6.07) is 0.699. The van der Waals surface area contributed by atoms with Gasteiger partial charge in [0.2, 0.25) is 0 Å². The maximum Gasteiger partial charge on any atom is 0.323 e. The Morgan fingerprint density at radius 1 is 1.45 bits per heavy atom. The molecule has 0 aromatic heterocycles. The minimum atomic E-state index is -0.799. The maximum atomic E-state index is 11.4. The van der Waals surface area contributed by atoms with Gasteiger partial charge in [-0.15, -0.1) is 0 Å². The van der Waals surface area contributed by atoms with Gasteiger partial charge in [0, 0.05) is 19.7 Å². The van der Waals surface area contributed by atoms with E-state index in [1.54, 1.807) is 14.0 Å². The van der Waals surface area contributed by atoms with Crippen LogP contribution in [0, 0.1) is 0 Å². The molecule has 0 saturated heterocycles. The lowest BCUT2D eigenvalue weighted by Gasteiger charge is -2.28. The van der Waals surface area contributed by atoms with Gasteiger partial charge >= 0.3 is 5.97 Å². The van der Waals surface area contributed by atoms with Crippen molar-refractivity contribution >= 4 is 5.97 Å². The predicted octanol–water partition coefficient (Wildman–Crippen LogP) is 1.72. The molecule has 1 fully saturated rings. The SMILES string of the molecule is CCCNC(C)(CCCN(CCOC)C1CC1)C(=O)O. The maximum absolute atomic E-state index is 11.4. The molecule has 0 aromatic carbocycles. The third kappa shape index (κ3) is 5.77. The van der Waals surface area contributed by atoms with Crippen LogP contribution >= 0.6 is 0 Å². The third-order valence-corrected chi connectivity index (χ3v) is 4.01. The van der Waals surface area contributed by atoms with Crippen molar-refractivity contribution in [2.45, 2.75) is 57.5 Å². The van der Waals surface area contributed by atoms with Gasteiger partial charge in [0.1, 0.15) is 5.54 Å². The quantitative estimate of drug-likeness (QED) is 0.572. The van der Waals surface area contributed by atoms with Crippen molar-refractivity contribution < 1.29 is 14.6 Å². The summed E-state index contributed by atoms with van der Waals surface area (Å²) in [5, 5.41) is 12.6. The lowest BCUT2D eigenvalue weighted by Crippen LogP contribution is -2.50. The highest BCUT2D eigenvalue weighted by molar-refractivity contribution is 5.78. The van der Waals surface area contributed by atoms with Crippen LogP contribution < -0.4 is 5.32 Å². The van der Waals surface area contributed by atoms with Gasteiger partial charge in [-0.25, -0.2) is 0 Å². The molecule has 0 aromatic rings. The summed E-state index contributed by atoms with van der Waals surface area (Å²) < 4.78 is 5.14. The Kier molecular flexibility index (Phi) is 7.48. The smallest absolute Gasteiger partial charge is 0.323 e. The van der Waals surface area contributed by atoms with Crippen molar-refractivity contribution in [2.24, 2.45) is 0 Å². The molecule has 5 nitrogen and oxygen atoms in total. The van der Waals surface area contributed by atoms with Crippen molar-refractivity contribution in [1.82, 2.24) is 10.2 Å². The lowest BCUT2D eigenvalue weighted by molar-refractivity contribution is -0.144. The zero-order valence-corrected chi connectivity index (χ0v) is 13.2. The van der Waals surface area contributed by atoms with E-state index in [0.717, 1.165) is 39.1 Å². The summed E-state index contributed by atoms with van der Waals surface area (Å²) in [4.78, 5) is 13.9. The second-order valence-electron chi connectivity index (χ2n) is 5.93. The summed E-state index contributed by atoms with van der Waals surface area (Å²) in [7, 11) is 1.72. The van der Waals surface area contributed by atoms with E-state index in [-0.39, 0.29) is 0 Å². The molecule has 2 N–H and O–H groups in total. The second kappa shape index (κ2) is 8.60. The van der Waals surface area contributed by atoms with Crippen LogP contribution in [0.25, 0.3) is 0 Å². The Bertz CT molecular complexity index is 295. The van der Waals surface area contributed by atoms with Gasteiger partial charge in [0.05, 0.1) is 6.61 Å². The normalized spacial score (nSPS) is 18.2. The number of nitrogens with one attached hydrogen (secondary N) is 1. The molecule has 1 aliphatic rings. The van der Waals surface area contributed by atoms with Gasteiger partial charge in [-0.1, -0.05) is 6.92 Å². The number of nitrogens with zero attached hydrogens (tertiary/aromatic N) is 1. The van der Waals surface area contributed by atoms with Crippen molar-refractivity contribution in [3.63, 3.8) is 0 Å². The van der Waals surface area contributed by atoms with E-state index in [0.29, 0.717) is 12.5 Å². The average Bonchev–Trinajstić information content (AvgIpc) is 3.24. The van der Waals surface area contributed by atoms with E-state index in [9.17, 15) is 9.90 Å². The molecule has 0 bridgehead atoms. The van der Waals surface area contributed by atoms with Crippen LogP contribution in [-0.4, -0.2) is 60.9 Å². The van der Waals surface area contributed by atoms with Crippen molar-refractivity contribution in [3.8, 4) is 0 Å². The molecule has 1 rings (SSSR count). The summed E-state index contributed by atoms with van der Waals surface area (Å²) in [5.74, 6) is -0.749. The van der Waals surface area contributed by atoms with E-state index >= 15 is 0 Å². The summed E-state index contributed by atoms with van der Waals surface area (Å²) in [6.45, 7) is 7.26. The number of carboxylic acids is 1. The van der Waals surface area contributed by atoms with E-state index in [1.807, 2.05) is 0 Å². The van der Waals surface area contributed by atoms with Gasteiger partial charge in [-0.3, -0.25) is 9.69 Å². The van der Waals surface area contributed by atoms with Crippen LogP contribution in [-0.2, 0) is 9.53 Å². The number of carbonyl (C=O) groups is 1. The topological polar surface area (TPSA) is 61.8 Å². The number of carboxylic acid groups (broad SMARTS) is 1. The fourth-order valence-corrected chi connectivity index (χ4v) is 2.43. The molecule has 5 heteroatoms. The highest BCUT2D eigenvalue weighted by Gasteiger charge is 2.33. The molecule has 0 aliphatic heterocycles. The predicted molar refractivity (Wildman–Crippen MR) is 80.0 cm³/mol. The first-order valence-corrected chi connectivity index (χ1v) is 7.75. The minimum Gasteiger partial charge on any atom is -0.480 e. The Labute approximate surface area is 122 Å². The number of ether oxygens (including phenoxy) is 1. The molecule has 1 unspecified atom stereocenters. The first-order chi connectivity index (χ1) is 9.53. The first-order valence-electron chi connectivity index (χ1n) is 7.75. The van der Waals surface area contributed by atoms with E-state index in [1.165, 1.54) is 12.8 Å². The van der Waals surface area contributed by atoms with Gasteiger partial charge in [-0.2, -0.15) is 0 Å². The number of hydrogen-bond acceptors (Lipinski definition) is 4. The Balaban J connectivity index is 2.35. The van der Waals surface area contributed by atoms with Crippen LogP contribution in [0.15, 0.2) is 0 Å². The second-order valence-corrected chi connectivity index (χ2v) is 5.93. The van der Waals surface area contributed by atoms with Crippen LogP contribution in [0.4, 0.5) is 0 Å². The summed E-state index contributed by atoms with van der Waals surface area (Å²) in [6.07, 6.45) is 5.06. The molecule has 0 radical (unpaired) electrons. The average molecular weight is 286 g/mol. The highest BCUT2D eigenvalue weighted by Crippen LogP contribution is 2.27. The zero-order valence-electron chi connectivity index (χ0n) is 13.2. The molecule has 1 aliphatic carbocycles. The molecular weight excluding hydrogens is 256 g/mol. The zero-order chi connectivity index (χ0) is 15.0. The van der Waals surface area contributed by atoms with Crippen molar-refractivity contribution in [1.29, 1.82) is 0 Å². The minimum absolute atomic E-state index is 0.665. The van der Waals surface area contributed by atoms with Crippen molar-refractivity contribution in [2.75, 3.05) is 33.4 Å². The van der Waals surface area contributed by atoms with Crippen molar-refractivity contribution in [3.05, 3.63) is 0 Å². The van der Waals surface area contributed by atoms with Gasteiger partial charge in [-0.05, 0) is 52.1 Å². The Hall–Kier alpha value is -0.650. The van der Waals surface area contributed by atoms with Gasteiger partial charge in [0.15, 0.2) is 0 Å². The number of aliphatic carboxylic acids is 1. The Morgan fingerprint density at radius 2 is 2.15 bits per heavy atom. The Morgan fingerprint density at radius 3 is 2.65 bits per heavy atom. The molecule has 0 heterocycles. The molecule has 1 atom stereocenters. The summed E-state index contributed by atoms with van der Waals surface area (Å²) in [5.41, 5.74) is -0.799. The van der Waals surface area contributed by atoms with E-state index in [2.05, 4.69) is 17.1 Å². The molecule has 1 saturated carbocycles. The molecule has 118 valence electrons. The largest absolute Gasteiger partial charge is 0.480 e. The van der Waals surface area contributed by atoms with Gasteiger partial charge in [0.25, 0.3) is 0 Å². The molecule has 20 heavy (non-hydrogen) atoms. The number of rotatable bonds is 12. The van der Waals surface area contributed by atoms with Gasteiger partial charge < -0.3 is 15.2 Å². The number of methoxy groups -OCH3 is 1. The molecule has 0 amide bonds. The van der Waals surface area contributed by atoms with E-state index < -0.39 is 11.5 Å². The molecular formula is C15H30N2O3. The highest BCUT2D eigenvalue weighted by atomic mass is 16.5. The van der Waals surface area contributed by atoms with E-state index in [4.69, 9.17) is 4.74 Å². The summed E-state index contributed by atoms with van der Waals surface area (Å²) >= 11 is 0. The lowest BCUT2D eigenvalue weighted by atomic mass is 9.95. The van der Waals surface area contributed by atoms with Crippen LogP contribution in [0.5, 0.6) is 0 Å². The van der Waals surface area contributed by atoms with Crippen LogP contribution in [0.1, 0.15) is 46.0 Å². The number of hydrogen-bond donors (Lipinski definition) is 2. The third-order valence-electron chi connectivity index (χ3n) is 4.01. The fraction of sp³-hybridized carbons (Fsp3) is 0.933. The standard InChI is InChI=1S/C15H30N2O3/c1-4-9-16-15(2,14(18)19)8-5-10-17(11-12-20-3)13-6-7-13/h13,16H,4-12H2,1-3H3,(H,18,19). The first kappa shape index (κ1) is 17.4.